The number of hydrogen-bond acceptors (Lipinski definition) is 2. The van der Waals surface area contributed by atoms with Crippen molar-refractivity contribution in [3.8, 4) is 0 Å². The highest BCUT2D eigenvalue weighted by Crippen LogP contribution is 2.11. The fourth-order valence-electron chi connectivity index (χ4n) is 1.26. The minimum absolute atomic E-state index is 0.157. The second-order valence-corrected chi connectivity index (χ2v) is 3.10. The summed E-state index contributed by atoms with van der Waals surface area (Å²) in [7, 11) is 0. The number of nitrogens with zero attached hydrogens (tertiary/aromatic N) is 1. The first-order valence-corrected chi connectivity index (χ1v) is 4.19. The van der Waals surface area contributed by atoms with E-state index in [4.69, 9.17) is 5.11 Å². The van der Waals surface area contributed by atoms with Gasteiger partial charge in [0.25, 0.3) is 0 Å². The van der Waals surface area contributed by atoms with Crippen molar-refractivity contribution in [2.75, 3.05) is 19.6 Å². The molecule has 1 unspecified atom stereocenters. The Labute approximate surface area is 67.0 Å². The van der Waals surface area contributed by atoms with Gasteiger partial charge in [-0.1, -0.05) is 6.92 Å². The molecule has 0 amide bonds. The Balaban J connectivity index is 2.24. The molecule has 3 heteroatoms. The first kappa shape index (κ1) is 8.53. The average Bonchev–Trinajstić information content (AvgIpc) is 1.85. The van der Waals surface area contributed by atoms with E-state index in [2.05, 4.69) is 4.90 Å². The Morgan fingerprint density at radius 1 is 1.64 bits per heavy atom. The summed E-state index contributed by atoms with van der Waals surface area (Å²) < 4.78 is 0. The van der Waals surface area contributed by atoms with Gasteiger partial charge in [0, 0.05) is 6.54 Å². The number of carboxylic acid groups (broad SMARTS) is 1. The summed E-state index contributed by atoms with van der Waals surface area (Å²) in [4.78, 5) is 12.8. The van der Waals surface area contributed by atoms with Crippen LogP contribution in [0.15, 0.2) is 0 Å². The molecule has 1 aliphatic rings. The van der Waals surface area contributed by atoms with Crippen LogP contribution in [0.4, 0.5) is 0 Å². The molecular formula is C8H15NO2. The minimum Gasteiger partial charge on any atom is -0.481 e. The van der Waals surface area contributed by atoms with E-state index in [1.807, 2.05) is 6.92 Å². The highest BCUT2D eigenvalue weighted by atomic mass is 16.4. The van der Waals surface area contributed by atoms with Crippen molar-refractivity contribution in [1.29, 1.82) is 0 Å². The van der Waals surface area contributed by atoms with Crippen LogP contribution in [0, 0.1) is 5.92 Å². The molecule has 0 bridgehead atoms. The van der Waals surface area contributed by atoms with Gasteiger partial charge in [0.1, 0.15) is 0 Å². The lowest BCUT2D eigenvalue weighted by Gasteiger charge is -2.32. The van der Waals surface area contributed by atoms with Crippen molar-refractivity contribution in [3.05, 3.63) is 0 Å². The Morgan fingerprint density at radius 3 is 2.55 bits per heavy atom. The summed E-state index contributed by atoms with van der Waals surface area (Å²) in [6.45, 7) is 4.85. The van der Waals surface area contributed by atoms with Gasteiger partial charge in [0.15, 0.2) is 0 Å². The van der Waals surface area contributed by atoms with E-state index in [1.54, 1.807) is 0 Å². The molecule has 1 atom stereocenters. The van der Waals surface area contributed by atoms with E-state index in [-0.39, 0.29) is 5.92 Å². The molecule has 1 aliphatic heterocycles. The van der Waals surface area contributed by atoms with Crippen LogP contribution in [0.5, 0.6) is 0 Å². The number of likely N-dealkylation sites (tertiary alicyclic amines) is 1. The van der Waals surface area contributed by atoms with Crippen LogP contribution in [0.3, 0.4) is 0 Å². The van der Waals surface area contributed by atoms with Crippen molar-refractivity contribution in [1.82, 2.24) is 4.90 Å². The fraction of sp³-hybridized carbons (Fsp3) is 0.875. The number of carboxylic acids is 1. The van der Waals surface area contributed by atoms with E-state index in [0.717, 1.165) is 26.1 Å². The van der Waals surface area contributed by atoms with Crippen molar-refractivity contribution in [2.24, 2.45) is 5.92 Å². The molecule has 1 saturated heterocycles. The van der Waals surface area contributed by atoms with Crippen molar-refractivity contribution in [3.63, 3.8) is 0 Å². The second kappa shape index (κ2) is 3.72. The third-order valence-electron chi connectivity index (χ3n) is 2.27. The molecule has 1 heterocycles. The number of rotatable bonds is 4. The van der Waals surface area contributed by atoms with Crippen LogP contribution in [-0.4, -0.2) is 35.6 Å². The third kappa shape index (κ3) is 2.19. The minimum atomic E-state index is -0.653. The van der Waals surface area contributed by atoms with Gasteiger partial charge in [-0.25, -0.2) is 0 Å². The largest absolute Gasteiger partial charge is 0.481 e. The lowest BCUT2D eigenvalue weighted by atomic mass is 10.0. The maximum absolute atomic E-state index is 10.6. The molecule has 0 aromatic carbocycles. The third-order valence-corrected chi connectivity index (χ3v) is 2.27. The van der Waals surface area contributed by atoms with Gasteiger partial charge in [-0.05, 0) is 25.9 Å². The summed E-state index contributed by atoms with van der Waals surface area (Å²) in [5.74, 6) is -0.810. The zero-order chi connectivity index (χ0) is 8.27. The van der Waals surface area contributed by atoms with Crippen LogP contribution in [0.2, 0.25) is 0 Å². The number of aliphatic carboxylic acids is 1. The Kier molecular flexibility index (Phi) is 2.88. The maximum atomic E-state index is 10.6. The normalized spacial score (nSPS) is 20.8. The van der Waals surface area contributed by atoms with Crippen molar-refractivity contribution >= 4 is 5.97 Å². The predicted molar refractivity (Wildman–Crippen MR) is 42.5 cm³/mol. The zero-order valence-electron chi connectivity index (χ0n) is 6.92. The molecule has 3 nitrogen and oxygen atoms in total. The highest BCUT2D eigenvalue weighted by molar-refractivity contribution is 5.70. The summed E-state index contributed by atoms with van der Waals surface area (Å²) in [6.07, 6.45) is 1.97. The first-order valence-electron chi connectivity index (χ1n) is 4.19. The van der Waals surface area contributed by atoms with Crippen molar-refractivity contribution < 1.29 is 9.90 Å². The molecule has 0 aromatic rings. The van der Waals surface area contributed by atoms with Crippen LogP contribution >= 0.6 is 0 Å². The van der Waals surface area contributed by atoms with Crippen LogP contribution in [0.25, 0.3) is 0 Å². The van der Waals surface area contributed by atoms with E-state index in [0.29, 0.717) is 0 Å². The van der Waals surface area contributed by atoms with E-state index >= 15 is 0 Å². The van der Waals surface area contributed by atoms with Gasteiger partial charge < -0.3 is 10.0 Å². The Bertz CT molecular complexity index is 143. The number of hydrogen-bond donors (Lipinski definition) is 1. The molecule has 0 aliphatic carbocycles. The average molecular weight is 157 g/mol. The van der Waals surface area contributed by atoms with Gasteiger partial charge >= 0.3 is 5.97 Å². The SMILES string of the molecule is CCC(CN1CCC1)C(=O)O. The molecule has 11 heavy (non-hydrogen) atoms. The van der Waals surface area contributed by atoms with E-state index in [1.165, 1.54) is 6.42 Å². The molecule has 1 fully saturated rings. The van der Waals surface area contributed by atoms with Gasteiger partial charge in [-0.3, -0.25) is 4.79 Å². The molecule has 0 spiro atoms. The Hall–Kier alpha value is -0.570. The molecule has 64 valence electrons. The molecule has 0 aromatic heterocycles. The molecule has 1 N–H and O–H groups in total. The van der Waals surface area contributed by atoms with E-state index < -0.39 is 5.97 Å². The highest BCUT2D eigenvalue weighted by Gasteiger charge is 2.22. The quantitative estimate of drug-likeness (QED) is 0.656. The van der Waals surface area contributed by atoms with Crippen LogP contribution < -0.4 is 0 Å². The monoisotopic (exact) mass is 157 g/mol. The van der Waals surface area contributed by atoms with Gasteiger partial charge in [-0.2, -0.15) is 0 Å². The predicted octanol–water partition coefficient (Wildman–Crippen LogP) is 0.803. The fourth-order valence-corrected chi connectivity index (χ4v) is 1.26. The van der Waals surface area contributed by atoms with E-state index in [9.17, 15) is 4.79 Å². The molecular weight excluding hydrogens is 142 g/mol. The van der Waals surface area contributed by atoms with Crippen molar-refractivity contribution in [2.45, 2.75) is 19.8 Å². The lowest BCUT2D eigenvalue weighted by Crippen LogP contribution is -2.42. The standard InChI is InChI=1S/C8H15NO2/c1-2-7(8(10)11)6-9-4-3-5-9/h7H,2-6H2,1H3,(H,10,11). The van der Waals surface area contributed by atoms with Gasteiger partial charge in [0.2, 0.25) is 0 Å². The van der Waals surface area contributed by atoms with Gasteiger partial charge in [0.05, 0.1) is 5.92 Å². The summed E-state index contributed by atoms with van der Waals surface area (Å²) >= 11 is 0. The van der Waals surface area contributed by atoms with Crippen LogP contribution in [-0.2, 0) is 4.79 Å². The second-order valence-electron chi connectivity index (χ2n) is 3.10. The lowest BCUT2D eigenvalue weighted by molar-refractivity contribution is -0.142. The number of carbonyl (C=O) groups is 1. The maximum Gasteiger partial charge on any atom is 0.307 e. The van der Waals surface area contributed by atoms with Gasteiger partial charge in [-0.15, -0.1) is 0 Å². The summed E-state index contributed by atoms with van der Waals surface area (Å²) in [5.41, 5.74) is 0. The Morgan fingerprint density at radius 2 is 2.27 bits per heavy atom. The zero-order valence-corrected chi connectivity index (χ0v) is 6.92. The first-order chi connectivity index (χ1) is 5.24. The smallest absolute Gasteiger partial charge is 0.307 e. The topological polar surface area (TPSA) is 40.5 Å². The molecule has 0 radical (unpaired) electrons. The molecule has 0 saturated carbocycles. The van der Waals surface area contributed by atoms with Crippen LogP contribution in [0.1, 0.15) is 19.8 Å². The summed E-state index contributed by atoms with van der Waals surface area (Å²) in [5, 5.41) is 8.72. The molecule has 1 rings (SSSR count). The summed E-state index contributed by atoms with van der Waals surface area (Å²) in [6, 6.07) is 0.